The van der Waals surface area contributed by atoms with Crippen LogP contribution in [0.15, 0.2) is 0 Å². The van der Waals surface area contributed by atoms with Crippen LogP contribution in [0.4, 0.5) is 0 Å². The Kier molecular flexibility index (Phi) is 16.0. The van der Waals surface area contributed by atoms with Gasteiger partial charge in [0.1, 0.15) is 0 Å². The fourth-order valence-corrected chi connectivity index (χ4v) is 2.85. The Morgan fingerprint density at radius 3 is 1.63 bits per heavy atom. The van der Waals surface area contributed by atoms with Crippen molar-refractivity contribution >= 4 is 0 Å². The molecule has 0 amide bonds. The Bertz CT molecular complexity index is 156. The molecule has 0 N–H and O–H groups in total. The van der Waals surface area contributed by atoms with Crippen LogP contribution in [0.2, 0.25) is 0 Å². The Morgan fingerprint density at radius 1 is 0.632 bits per heavy atom. The molecule has 0 aromatic heterocycles. The summed E-state index contributed by atoms with van der Waals surface area (Å²) in [5.41, 5.74) is 0. The molecular weight excluding hydrogens is 232 g/mol. The lowest BCUT2D eigenvalue weighted by Gasteiger charge is -2.16. The highest BCUT2D eigenvalue weighted by molar-refractivity contribution is 4.61. The second kappa shape index (κ2) is 16.0. The molecule has 0 saturated carbocycles. The highest BCUT2D eigenvalue weighted by Crippen LogP contribution is 2.23. The van der Waals surface area contributed by atoms with Gasteiger partial charge in [0, 0.05) is 13.7 Å². The van der Waals surface area contributed by atoms with E-state index in [9.17, 15) is 0 Å². The molecule has 0 saturated heterocycles. The maximum Gasteiger partial charge on any atom is 0.0462 e. The van der Waals surface area contributed by atoms with E-state index in [1.54, 1.807) is 0 Å². The molecule has 0 aromatic rings. The molecule has 0 spiro atoms. The van der Waals surface area contributed by atoms with Crippen molar-refractivity contribution in [3.63, 3.8) is 0 Å². The van der Waals surface area contributed by atoms with Crippen LogP contribution in [0.1, 0.15) is 97.3 Å². The van der Waals surface area contributed by atoms with Crippen molar-refractivity contribution in [3.8, 4) is 0 Å². The standard InChI is InChI=1S/C18H38O/c1-4-6-8-10-12-15-18(16-13-17-19-3)14-11-9-7-5-2/h18H,4-17H2,1-3H3. The summed E-state index contributed by atoms with van der Waals surface area (Å²) in [5, 5.41) is 0. The number of methoxy groups -OCH3 is 1. The van der Waals surface area contributed by atoms with E-state index in [0.29, 0.717) is 0 Å². The summed E-state index contributed by atoms with van der Waals surface area (Å²) in [7, 11) is 1.82. The molecule has 19 heavy (non-hydrogen) atoms. The van der Waals surface area contributed by atoms with Crippen molar-refractivity contribution in [2.45, 2.75) is 97.3 Å². The maximum absolute atomic E-state index is 5.19. The number of rotatable bonds is 15. The molecule has 1 atom stereocenters. The van der Waals surface area contributed by atoms with E-state index in [2.05, 4.69) is 13.8 Å². The van der Waals surface area contributed by atoms with Crippen LogP contribution in [0.5, 0.6) is 0 Å². The minimum atomic E-state index is 0.946. The first kappa shape index (κ1) is 19.0. The molecule has 0 aromatic carbocycles. The van der Waals surface area contributed by atoms with Crippen molar-refractivity contribution in [1.29, 1.82) is 0 Å². The van der Waals surface area contributed by atoms with E-state index >= 15 is 0 Å². The van der Waals surface area contributed by atoms with E-state index in [1.165, 1.54) is 83.5 Å². The van der Waals surface area contributed by atoms with Gasteiger partial charge in [0.15, 0.2) is 0 Å². The third kappa shape index (κ3) is 14.2. The number of hydrogen-bond acceptors (Lipinski definition) is 1. The van der Waals surface area contributed by atoms with E-state index in [0.717, 1.165) is 12.5 Å². The minimum Gasteiger partial charge on any atom is -0.385 e. The molecule has 0 bridgehead atoms. The summed E-state index contributed by atoms with van der Waals surface area (Å²) in [4.78, 5) is 0. The number of hydrogen-bond donors (Lipinski definition) is 0. The summed E-state index contributed by atoms with van der Waals surface area (Å²) in [5.74, 6) is 0.966. The van der Waals surface area contributed by atoms with Crippen LogP contribution in [-0.2, 0) is 4.74 Å². The smallest absolute Gasteiger partial charge is 0.0462 e. The first-order valence-electron chi connectivity index (χ1n) is 8.84. The minimum absolute atomic E-state index is 0.946. The fourth-order valence-electron chi connectivity index (χ4n) is 2.85. The third-order valence-electron chi connectivity index (χ3n) is 4.14. The van der Waals surface area contributed by atoms with E-state index in [4.69, 9.17) is 4.74 Å². The molecule has 1 nitrogen and oxygen atoms in total. The van der Waals surface area contributed by atoms with Gasteiger partial charge in [-0.1, -0.05) is 84.5 Å². The first-order chi connectivity index (χ1) is 9.35. The van der Waals surface area contributed by atoms with Crippen molar-refractivity contribution in [1.82, 2.24) is 0 Å². The summed E-state index contributed by atoms with van der Waals surface area (Å²) in [6.07, 6.45) is 18.3. The van der Waals surface area contributed by atoms with Crippen LogP contribution < -0.4 is 0 Å². The zero-order chi connectivity index (χ0) is 14.2. The lowest BCUT2D eigenvalue weighted by Crippen LogP contribution is -2.03. The summed E-state index contributed by atoms with van der Waals surface area (Å²) in [6.45, 7) is 5.53. The van der Waals surface area contributed by atoms with Gasteiger partial charge in [0.25, 0.3) is 0 Å². The Labute approximate surface area is 122 Å². The predicted molar refractivity (Wildman–Crippen MR) is 86.7 cm³/mol. The summed E-state index contributed by atoms with van der Waals surface area (Å²) in [6, 6.07) is 0. The molecule has 1 heteroatoms. The highest BCUT2D eigenvalue weighted by Gasteiger charge is 2.08. The zero-order valence-electron chi connectivity index (χ0n) is 13.9. The van der Waals surface area contributed by atoms with E-state index < -0.39 is 0 Å². The van der Waals surface area contributed by atoms with Crippen molar-refractivity contribution in [2.24, 2.45) is 5.92 Å². The molecule has 0 rings (SSSR count). The Balaban J connectivity index is 3.63. The molecular formula is C18H38O. The van der Waals surface area contributed by atoms with Gasteiger partial charge in [-0.25, -0.2) is 0 Å². The lowest BCUT2D eigenvalue weighted by molar-refractivity contribution is 0.184. The molecule has 0 fully saturated rings. The molecule has 116 valence electrons. The quantitative estimate of drug-likeness (QED) is 0.315. The average Bonchev–Trinajstić information content (AvgIpc) is 2.42. The highest BCUT2D eigenvalue weighted by atomic mass is 16.5. The van der Waals surface area contributed by atoms with Crippen LogP contribution in [0.25, 0.3) is 0 Å². The molecule has 0 aliphatic heterocycles. The van der Waals surface area contributed by atoms with Gasteiger partial charge in [-0.05, 0) is 18.8 Å². The topological polar surface area (TPSA) is 9.23 Å². The number of ether oxygens (including phenoxy) is 1. The van der Waals surface area contributed by atoms with Crippen LogP contribution >= 0.6 is 0 Å². The first-order valence-corrected chi connectivity index (χ1v) is 8.84. The Hall–Kier alpha value is -0.0400. The SMILES string of the molecule is CCCCCCCC(CCCCCC)CCCOC. The maximum atomic E-state index is 5.19. The fraction of sp³-hybridized carbons (Fsp3) is 1.00. The largest absolute Gasteiger partial charge is 0.385 e. The third-order valence-corrected chi connectivity index (χ3v) is 4.14. The van der Waals surface area contributed by atoms with E-state index in [-0.39, 0.29) is 0 Å². The van der Waals surface area contributed by atoms with Gasteiger partial charge in [-0.2, -0.15) is 0 Å². The lowest BCUT2D eigenvalue weighted by atomic mass is 9.90. The van der Waals surface area contributed by atoms with Gasteiger partial charge in [-0.3, -0.25) is 0 Å². The van der Waals surface area contributed by atoms with Crippen molar-refractivity contribution in [2.75, 3.05) is 13.7 Å². The molecule has 0 heterocycles. The van der Waals surface area contributed by atoms with Gasteiger partial charge < -0.3 is 4.74 Å². The second-order valence-corrected chi connectivity index (χ2v) is 6.05. The van der Waals surface area contributed by atoms with Gasteiger partial charge in [0.05, 0.1) is 0 Å². The van der Waals surface area contributed by atoms with E-state index in [1.807, 2.05) is 7.11 Å². The Morgan fingerprint density at radius 2 is 1.11 bits per heavy atom. The number of unbranched alkanes of at least 4 members (excludes halogenated alkanes) is 7. The molecule has 0 radical (unpaired) electrons. The average molecular weight is 271 g/mol. The second-order valence-electron chi connectivity index (χ2n) is 6.05. The van der Waals surface area contributed by atoms with Crippen LogP contribution in [0, 0.1) is 5.92 Å². The summed E-state index contributed by atoms with van der Waals surface area (Å²) < 4.78 is 5.19. The van der Waals surface area contributed by atoms with Crippen molar-refractivity contribution < 1.29 is 4.74 Å². The van der Waals surface area contributed by atoms with Gasteiger partial charge in [0.2, 0.25) is 0 Å². The summed E-state index contributed by atoms with van der Waals surface area (Å²) >= 11 is 0. The van der Waals surface area contributed by atoms with Crippen molar-refractivity contribution in [3.05, 3.63) is 0 Å². The normalized spacial score (nSPS) is 12.8. The van der Waals surface area contributed by atoms with Crippen LogP contribution in [0.3, 0.4) is 0 Å². The monoisotopic (exact) mass is 270 g/mol. The molecule has 0 aliphatic carbocycles. The van der Waals surface area contributed by atoms with Gasteiger partial charge >= 0.3 is 0 Å². The zero-order valence-corrected chi connectivity index (χ0v) is 13.9. The predicted octanol–water partition coefficient (Wildman–Crippen LogP) is 6.36. The molecule has 1 unspecified atom stereocenters. The molecule has 0 aliphatic rings. The van der Waals surface area contributed by atoms with Gasteiger partial charge in [-0.15, -0.1) is 0 Å². The van der Waals surface area contributed by atoms with Crippen LogP contribution in [-0.4, -0.2) is 13.7 Å².